The van der Waals surface area contributed by atoms with E-state index >= 15 is 0 Å². The Balaban J connectivity index is 1.53. The van der Waals surface area contributed by atoms with Gasteiger partial charge in [0.1, 0.15) is 17.7 Å². The van der Waals surface area contributed by atoms with Crippen LogP contribution in [-0.2, 0) is 17.5 Å². The molecular weight excluding hydrogens is 345 g/mol. The Morgan fingerprint density at radius 1 is 1.33 bits per heavy atom. The molecule has 1 aliphatic heterocycles. The fourth-order valence-corrected chi connectivity index (χ4v) is 2.94. The van der Waals surface area contributed by atoms with Gasteiger partial charge in [0.15, 0.2) is 5.69 Å². The van der Waals surface area contributed by atoms with E-state index in [1.165, 1.54) is 0 Å². The highest BCUT2D eigenvalue weighted by Gasteiger charge is 2.33. The van der Waals surface area contributed by atoms with Gasteiger partial charge in [0.05, 0.1) is 13.2 Å². The van der Waals surface area contributed by atoms with Crippen molar-refractivity contribution >= 4 is 11.3 Å². The lowest BCUT2D eigenvalue weighted by Gasteiger charge is -2.31. The van der Waals surface area contributed by atoms with Crippen molar-refractivity contribution in [2.75, 3.05) is 26.3 Å². The van der Waals surface area contributed by atoms with Crippen molar-refractivity contribution in [2.24, 2.45) is 0 Å². The molecule has 0 amide bonds. The van der Waals surface area contributed by atoms with Gasteiger partial charge in [0, 0.05) is 30.9 Å². The SMILES string of the molecule is FC(F)(F)c1ccnc(OCC2CN(Cc3nccs3)CCO2)n1. The van der Waals surface area contributed by atoms with Crippen molar-refractivity contribution in [3.05, 3.63) is 34.5 Å². The smallest absolute Gasteiger partial charge is 0.433 e. The minimum absolute atomic E-state index is 0.0929. The molecule has 0 N–H and O–H groups in total. The van der Waals surface area contributed by atoms with Gasteiger partial charge in [0.25, 0.3) is 0 Å². The third-order valence-corrected chi connectivity index (χ3v) is 4.15. The van der Waals surface area contributed by atoms with Crippen LogP contribution in [0.2, 0.25) is 0 Å². The number of rotatable bonds is 5. The molecule has 3 heterocycles. The molecule has 2 aromatic rings. The van der Waals surface area contributed by atoms with Crippen LogP contribution in [0.5, 0.6) is 6.01 Å². The molecule has 0 aliphatic carbocycles. The quantitative estimate of drug-likeness (QED) is 0.815. The highest BCUT2D eigenvalue weighted by molar-refractivity contribution is 7.09. The van der Waals surface area contributed by atoms with Gasteiger partial charge in [-0.1, -0.05) is 0 Å². The second-order valence-corrected chi connectivity index (χ2v) is 6.17. The standard InChI is InChI=1S/C14H15F3N4O2S/c15-14(16,17)11-1-2-19-13(20-11)23-9-10-7-21(4-5-22-10)8-12-18-3-6-24-12/h1-3,6,10H,4-5,7-9H2. The van der Waals surface area contributed by atoms with Crippen molar-refractivity contribution in [1.29, 1.82) is 0 Å². The van der Waals surface area contributed by atoms with Crippen LogP contribution >= 0.6 is 11.3 Å². The second kappa shape index (κ2) is 7.41. The minimum atomic E-state index is -4.52. The van der Waals surface area contributed by atoms with Crippen molar-refractivity contribution in [1.82, 2.24) is 19.9 Å². The van der Waals surface area contributed by atoms with Crippen LogP contribution in [0.15, 0.2) is 23.8 Å². The van der Waals surface area contributed by atoms with Gasteiger partial charge in [0.2, 0.25) is 0 Å². The molecule has 0 aromatic carbocycles. The molecule has 6 nitrogen and oxygen atoms in total. The Bertz CT molecular complexity index is 654. The Labute approximate surface area is 140 Å². The van der Waals surface area contributed by atoms with E-state index in [2.05, 4.69) is 19.9 Å². The third kappa shape index (κ3) is 4.62. The van der Waals surface area contributed by atoms with Crippen molar-refractivity contribution in [3.8, 4) is 6.01 Å². The van der Waals surface area contributed by atoms with E-state index < -0.39 is 11.9 Å². The van der Waals surface area contributed by atoms with Crippen LogP contribution in [0.4, 0.5) is 13.2 Å². The number of hydrogen-bond donors (Lipinski definition) is 0. The van der Waals surface area contributed by atoms with Gasteiger partial charge < -0.3 is 9.47 Å². The van der Waals surface area contributed by atoms with Crippen LogP contribution in [0, 0.1) is 0 Å². The van der Waals surface area contributed by atoms with Crippen molar-refractivity contribution in [3.63, 3.8) is 0 Å². The van der Waals surface area contributed by atoms with Crippen LogP contribution in [0.1, 0.15) is 10.7 Å². The maximum atomic E-state index is 12.6. The van der Waals surface area contributed by atoms with Gasteiger partial charge in [-0.15, -0.1) is 11.3 Å². The number of ether oxygens (including phenoxy) is 2. The highest BCUT2D eigenvalue weighted by Crippen LogP contribution is 2.27. The van der Waals surface area contributed by atoms with Gasteiger partial charge in [-0.25, -0.2) is 9.97 Å². The molecule has 0 saturated carbocycles. The lowest BCUT2D eigenvalue weighted by Crippen LogP contribution is -2.44. The number of thiazole rings is 1. The first-order chi connectivity index (χ1) is 11.5. The number of alkyl halides is 3. The Morgan fingerprint density at radius 2 is 2.21 bits per heavy atom. The molecule has 0 radical (unpaired) electrons. The first-order valence-corrected chi connectivity index (χ1v) is 8.14. The first-order valence-electron chi connectivity index (χ1n) is 7.26. The summed E-state index contributed by atoms with van der Waals surface area (Å²) in [6.45, 7) is 2.73. The monoisotopic (exact) mass is 360 g/mol. The summed E-state index contributed by atoms with van der Waals surface area (Å²) in [7, 11) is 0. The Kier molecular flexibility index (Phi) is 5.27. The summed E-state index contributed by atoms with van der Waals surface area (Å²) >= 11 is 1.58. The molecule has 1 fully saturated rings. The van der Waals surface area contributed by atoms with Gasteiger partial charge >= 0.3 is 12.2 Å². The van der Waals surface area contributed by atoms with Crippen molar-refractivity contribution in [2.45, 2.75) is 18.8 Å². The van der Waals surface area contributed by atoms with E-state index in [1.54, 1.807) is 17.5 Å². The number of halogens is 3. The largest absolute Gasteiger partial charge is 0.461 e. The highest BCUT2D eigenvalue weighted by atomic mass is 32.1. The molecule has 1 saturated heterocycles. The number of hydrogen-bond acceptors (Lipinski definition) is 7. The molecule has 1 unspecified atom stereocenters. The zero-order valence-electron chi connectivity index (χ0n) is 12.6. The summed E-state index contributed by atoms with van der Waals surface area (Å²) in [5, 5.41) is 2.93. The molecule has 0 bridgehead atoms. The van der Waals surface area contributed by atoms with E-state index in [1.807, 2.05) is 5.38 Å². The lowest BCUT2D eigenvalue weighted by molar-refractivity contribution is -0.141. The second-order valence-electron chi connectivity index (χ2n) is 5.19. The maximum absolute atomic E-state index is 12.6. The average molecular weight is 360 g/mol. The normalized spacial score (nSPS) is 19.4. The lowest BCUT2D eigenvalue weighted by atomic mass is 10.3. The molecular formula is C14H15F3N4O2S. The first kappa shape index (κ1) is 17.1. The summed E-state index contributed by atoms with van der Waals surface area (Å²) < 4.78 is 48.7. The van der Waals surface area contributed by atoms with E-state index in [0.29, 0.717) is 13.2 Å². The maximum Gasteiger partial charge on any atom is 0.433 e. The number of morpholine rings is 1. The summed E-state index contributed by atoms with van der Waals surface area (Å²) in [6.07, 6.45) is -1.99. The van der Waals surface area contributed by atoms with Crippen LogP contribution in [0.3, 0.4) is 0 Å². The molecule has 2 aromatic heterocycles. The Hall–Kier alpha value is -1.78. The number of aromatic nitrogens is 3. The molecule has 1 atom stereocenters. The molecule has 24 heavy (non-hydrogen) atoms. The Morgan fingerprint density at radius 3 is 2.96 bits per heavy atom. The molecule has 1 aliphatic rings. The fourth-order valence-electron chi connectivity index (χ4n) is 2.28. The van der Waals surface area contributed by atoms with E-state index in [-0.39, 0.29) is 18.7 Å². The molecule has 10 heteroatoms. The van der Waals surface area contributed by atoms with Gasteiger partial charge in [-0.2, -0.15) is 18.2 Å². The zero-order chi connectivity index (χ0) is 17.0. The molecule has 3 rings (SSSR count). The minimum Gasteiger partial charge on any atom is -0.461 e. The van der Waals surface area contributed by atoms with E-state index in [0.717, 1.165) is 30.4 Å². The average Bonchev–Trinajstić information content (AvgIpc) is 3.06. The zero-order valence-corrected chi connectivity index (χ0v) is 13.4. The van der Waals surface area contributed by atoms with Crippen LogP contribution in [-0.4, -0.2) is 52.3 Å². The summed E-state index contributed by atoms with van der Waals surface area (Å²) in [5.41, 5.74) is -1.03. The fraction of sp³-hybridized carbons (Fsp3) is 0.500. The van der Waals surface area contributed by atoms with Gasteiger partial charge in [-0.05, 0) is 6.07 Å². The number of nitrogens with zero attached hydrogens (tertiary/aromatic N) is 4. The summed E-state index contributed by atoms with van der Waals surface area (Å²) in [5.74, 6) is 0. The van der Waals surface area contributed by atoms with E-state index in [9.17, 15) is 13.2 Å². The summed E-state index contributed by atoms with van der Waals surface area (Å²) in [6, 6.07) is 0.505. The summed E-state index contributed by atoms with van der Waals surface area (Å²) in [4.78, 5) is 13.5. The molecule has 130 valence electrons. The van der Waals surface area contributed by atoms with Gasteiger partial charge in [-0.3, -0.25) is 4.90 Å². The van der Waals surface area contributed by atoms with Crippen LogP contribution < -0.4 is 4.74 Å². The van der Waals surface area contributed by atoms with E-state index in [4.69, 9.17) is 9.47 Å². The third-order valence-electron chi connectivity index (χ3n) is 3.39. The van der Waals surface area contributed by atoms with Crippen molar-refractivity contribution < 1.29 is 22.6 Å². The molecule has 0 spiro atoms. The van der Waals surface area contributed by atoms with Crippen LogP contribution in [0.25, 0.3) is 0 Å². The predicted molar refractivity (Wildman–Crippen MR) is 79.7 cm³/mol. The predicted octanol–water partition coefficient (Wildman–Crippen LogP) is 2.23. The topological polar surface area (TPSA) is 60.4 Å².